The molecule has 2 aromatic rings. The largest absolute Gasteiger partial charge is 0.323 e. The van der Waals surface area contributed by atoms with E-state index in [0.717, 1.165) is 17.3 Å². The van der Waals surface area contributed by atoms with E-state index in [0.29, 0.717) is 6.04 Å². The zero-order valence-electron chi connectivity index (χ0n) is 11.2. The highest BCUT2D eigenvalue weighted by atomic mass is 127. The van der Waals surface area contributed by atoms with Crippen LogP contribution in [0.15, 0.2) is 18.2 Å². The van der Waals surface area contributed by atoms with Crippen LogP contribution in [0.25, 0.3) is 11.0 Å². The molecule has 1 aliphatic carbocycles. The van der Waals surface area contributed by atoms with Crippen LogP contribution in [-0.4, -0.2) is 9.55 Å². The molecule has 0 aliphatic heterocycles. The van der Waals surface area contributed by atoms with Crippen molar-refractivity contribution in [1.82, 2.24) is 9.55 Å². The molecule has 0 N–H and O–H groups in total. The van der Waals surface area contributed by atoms with Crippen LogP contribution in [0.4, 0.5) is 0 Å². The molecule has 0 saturated heterocycles. The minimum atomic E-state index is -0.0343. The third-order valence-corrected chi connectivity index (χ3v) is 4.78. The summed E-state index contributed by atoms with van der Waals surface area (Å²) >= 11 is 8.67. The number of nitrogens with zero attached hydrogens (tertiary/aromatic N) is 2. The molecule has 4 heteroatoms. The fraction of sp³-hybridized carbons (Fsp3) is 0.533. The Kier molecular flexibility index (Phi) is 3.78. The predicted octanol–water partition coefficient (Wildman–Crippen LogP) is 5.30. The van der Waals surface area contributed by atoms with Crippen LogP contribution in [0.5, 0.6) is 0 Å². The van der Waals surface area contributed by atoms with Gasteiger partial charge in [-0.3, -0.25) is 0 Å². The summed E-state index contributed by atoms with van der Waals surface area (Å²) in [4.78, 5) is 4.76. The summed E-state index contributed by atoms with van der Waals surface area (Å²) in [5, 5.41) is -0.0343. The summed E-state index contributed by atoms with van der Waals surface area (Å²) in [6.45, 7) is 4.27. The lowest BCUT2D eigenvalue weighted by Crippen LogP contribution is -2.03. The van der Waals surface area contributed by atoms with Crippen LogP contribution in [-0.2, 0) is 0 Å². The molecule has 2 nitrogen and oxygen atoms in total. The summed E-state index contributed by atoms with van der Waals surface area (Å²) in [5.74, 6) is 1.85. The molecular formula is C15H18ClIN2. The molecule has 1 aromatic heterocycles. The molecule has 0 bridgehead atoms. The number of benzene rings is 1. The number of halogens is 2. The number of hydrogen-bond acceptors (Lipinski definition) is 1. The first-order valence-corrected chi connectivity index (χ1v) is 8.44. The van der Waals surface area contributed by atoms with Crippen molar-refractivity contribution in [3.8, 4) is 0 Å². The highest BCUT2D eigenvalue weighted by molar-refractivity contribution is 14.1. The van der Waals surface area contributed by atoms with Crippen molar-refractivity contribution >= 4 is 45.2 Å². The average molecular weight is 389 g/mol. The van der Waals surface area contributed by atoms with E-state index in [2.05, 4.69) is 52.3 Å². The van der Waals surface area contributed by atoms with E-state index in [1.807, 2.05) is 6.92 Å². The fourth-order valence-corrected chi connectivity index (χ4v) is 3.58. The van der Waals surface area contributed by atoms with Crippen LogP contribution in [0.1, 0.15) is 50.4 Å². The van der Waals surface area contributed by atoms with E-state index >= 15 is 0 Å². The molecular weight excluding hydrogens is 371 g/mol. The smallest absolute Gasteiger partial charge is 0.127 e. The molecule has 0 spiro atoms. The van der Waals surface area contributed by atoms with Gasteiger partial charge in [0.15, 0.2) is 0 Å². The van der Waals surface area contributed by atoms with Crippen LogP contribution in [0, 0.1) is 9.49 Å². The summed E-state index contributed by atoms with van der Waals surface area (Å²) in [6, 6.07) is 7.10. The minimum absolute atomic E-state index is 0.0343. The van der Waals surface area contributed by atoms with Crippen LogP contribution >= 0.6 is 34.2 Å². The first-order valence-electron chi connectivity index (χ1n) is 6.93. The molecule has 3 atom stereocenters. The third kappa shape index (κ3) is 2.51. The van der Waals surface area contributed by atoms with E-state index in [4.69, 9.17) is 16.6 Å². The zero-order chi connectivity index (χ0) is 13.6. The average Bonchev–Trinajstić information content (AvgIpc) is 3.00. The van der Waals surface area contributed by atoms with E-state index in [-0.39, 0.29) is 5.38 Å². The number of hydrogen-bond donors (Lipinski definition) is 0. The Morgan fingerprint density at radius 2 is 2.32 bits per heavy atom. The van der Waals surface area contributed by atoms with Gasteiger partial charge < -0.3 is 4.57 Å². The van der Waals surface area contributed by atoms with Crippen molar-refractivity contribution in [1.29, 1.82) is 0 Å². The lowest BCUT2D eigenvalue weighted by Gasteiger charge is -2.10. The molecule has 19 heavy (non-hydrogen) atoms. The van der Waals surface area contributed by atoms with E-state index in [1.54, 1.807) is 0 Å². The van der Waals surface area contributed by atoms with E-state index in [9.17, 15) is 0 Å². The van der Waals surface area contributed by atoms with Crippen molar-refractivity contribution in [3.63, 3.8) is 0 Å². The van der Waals surface area contributed by atoms with Crippen LogP contribution < -0.4 is 0 Å². The van der Waals surface area contributed by atoms with Crippen molar-refractivity contribution in [2.24, 2.45) is 5.92 Å². The minimum Gasteiger partial charge on any atom is -0.323 e. The predicted molar refractivity (Wildman–Crippen MR) is 88.8 cm³/mol. The van der Waals surface area contributed by atoms with Gasteiger partial charge >= 0.3 is 0 Å². The van der Waals surface area contributed by atoms with Gasteiger partial charge in [0.2, 0.25) is 0 Å². The van der Waals surface area contributed by atoms with Crippen molar-refractivity contribution in [2.75, 3.05) is 0 Å². The summed E-state index contributed by atoms with van der Waals surface area (Å²) in [6.07, 6.45) is 3.85. The van der Waals surface area contributed by atoms with Gasteiger partial charge in [-0.1, -0.05) is 13.3 Å². The molecule has 0 amide bonds. The Balaban J connectivity index is 2.08. The second-order valence-electron chi connectivity index (χ2n) is 5.44. The number of fused-ring (bicyclic) bond motifs is 1. The molecule has 102 valence electrons. The van der Waals surface area contributed by atoms with Gasteiger partial charge in [-0.2, -0.15) is 0 Å². The van der Waals surface area contributed by atoms with Gasteiger partial charge in [-0.15, -0.1) is 11.6 Å². The maximum Gasteiger partial charge on any atom is 0.127 e. The number of aromatic nitrogens is 2. The van der Waals surface area contributed by atoms with Gasteiger partial charge in [0.05, 0.1) is 16.4 Å². The van der Waals surface area contributed by atoms with E-state index in [1.165, 1.54) is 28.3 Å². The highest BCUT2D eigenvalue weighted by Gasteiger charge is 2.40. The molecule has 1 heterocycles. The third-order valence-electron chi connectivity index (χ3n) is 3.91. The lowest BCUT2D eigenvalue weighted by atomic mass is 10.2. The van der Waals surface area contributed by atoms with Crippen LogP contribution in [0.2, 0.25) is 0 Å². The van der Waals surface area contributed by atoms with Crippen molar-refractivity contribution < 1.29 is 0 Å². The second-order valence-corrected chi connectivity index (χ2v) is 7.34. The molecule has 3 rings (SSSR count). The van der Waals surface area contributed by atoms with Gasteiger partial charge in [-0.05, 0) is 66.5 Å². The summed E-state index contributed by atoms with van der Waals surface area (Å²) < 4.78 is 3.62. The number of alkyl halides is 1. The van der Waals surface area contributed by atoms with Crippen molar-refractivity contribution in [2.45, 2.75) is 44.5 Å². The lowest BCUT2D eigenvalue weighted by molar-refractivity contribution is 0.597. The number of imidazole rings is 1. The quantitative estimate of drug-likeness (QED) is 0.513. The first kappa shape index (κ1) is 13.7. The molecule has 1 aliphatic rings. The van der Waals surface area contributed by atoms with Crippen LogP contribution in [0.3, 0.4) is 0 Å². The molecule has 0 radical (unpaired) electrons. The second kappa shape index (κ2) is 5.24. The Morgan fingerprint density at radius 1 is 1.53 bits per heavy atom. The monoisotopic (exact) mass is 388 g/mol. The van der Waals surface area contributed by atoms with Gasteiger partial charge in [0.1, 0.15) is 5.82 Å². The fourth-order valence-electron chi connectivity index (χ4n) is 2.95. The summed E-state index contributed by atoms with van der Waals surface area (Å²) in [5.41, 5.74) is 2.32. The Morgan fingerprint density at radius 3 is 3.00 bits per heavy atom. The summed E-state index contributed by atoms with van der Waals surface area (Å²) in [7, 11) is 0. The zero-order valence-corrected chi connectivity index (χ0v) is 14.1. The maximum atomic E-state index is 6.33. The highest BCUT2D eigenvalue weighted by Crippen LogP contribution is 2.49. The van der Waals surface area contributed by atoms with Crippen molar-refractivity contribution in [3.05, 3.63) is 27.6 Å². The van der Waals surface area contributed by atoms with Gasteiger partial charge in [0, 0.05) is 9.61 Å². The standard InChI is InChI=1S/C15H18ClIN2/c1-3-4-10-7-14(10)19-13-6-5-11(17)8-12(13)18-15(19)9(2)16/h5-6,8-10,14H,3-4,7H2,1-2H3. The Hall–Kier alpha value is -0.290. The topological polar surface area (TPSA) is 17.8 Å². The first-order chi connectivity index (χ1) is 9.11. The molecule has 3 unspecified atom stereocenters. The molecule has 1 fully saturated rings. The van der Waals surface area contributed by atoms with Gasteiger partial charge in [0.25, 0.3) is 0 Å². The SMILES string of the molecule is CCCC1CC1n1c(C(C)Cl)nc2cc(I)ccc21. The van der Waals surface area contributed by atoms with E-state index < -0.39 is 0 Å². The molecule has 1 saturated carbocycles. The normalized spacial score (nSPS) is 23.8. The maximum absolute atomic E-state index is 6.33. The van der Waals surface area contributed by atoms with Gasteiger partial charge in [-0.25, -0.2) is 4.98 Å². The number of rotatable bonds is 4. The Bertz CT molecular complexity index is 605. The molecule has 1 aromatic carbocycles. The Labute approximate surface area is 132 Å².